The Hall–Kier alpha value is -3.04. The molecule has 1 aromatic carbocycles. The fourth-order valence-corrected chi connectivity index (χ4v) is 5.67. The van der Waals surface area contributed by atoms with Gasteiger partial charge in [-0.15, -0.1) is 11.3 Å². The van der Waals surface area contributed by atoms with Gasteiger partial charge in [0.2, 0.25) is 11.8 Å². The van der Waals surface area contributed by atoms with Crippen LogP contribution in [0.15, 0.2) is 36.7 Å². The molecule has 1 fully saturated rings. The number of ether oxygens (including phenoxy) is 1. The Labute approximate surface area is 203 Å². The van der Waals surface area contributed by atoms with E-state index in [4.69, 9.17) is 4.74 Å². The summed E-state index contributed by atoms with van der Waals surface area (Å²) >= 11 is 1.44. The predicted octanol–water partition coefficient (Wildman–Crippen LogP) is 5.15. The minimum atomic E-state index is -1.15. The second kappa shape index (κ2) is 8.63. The fourth-order valence-electron chi connectivity index (χ4n) is 4.65. The van der Waals surface area contributed by atoms with E-state index in [9.17, 15) is 15.0 Å². The van der Waals surface area contributed by atoms with Crippen molar-refractivity contribution in [3.05, 3.63) is 47.2 Å². The zero-order chi connectivity index (χ0) is 24.7. The average Bonchev–Trinajstić information content (AvgIpc) is 3.27. The number of carboxylic acids is 1. The van der Waals surface area contributed by atoms with Crippen molar-refractivity contribution in [3.63, 3.8) is 0 Å². The molecule has 3 aromatic rings. The number of hydrogen-bond donors (Lipinski definition) is 3. The quantitative estimate of drug-likeness (QED) is 0.442. The van der Waals surface area contributed by atoms with Crippen LogP contribution in [0, 0.1) is 17.8 Å². The van der Waals surface area contributed by atoms with E-state index in [-0.39, 0.29) is 0 Å². The van der Waals surface area contributed by atoms with Gasteiger partial charge in [-0.3, -0.25) is 4.79 Å². The number of thiazole rings is 1. The molecule has 2 aromatic heterocycles. The van der Waals surface area contributed by atoms with Crippen molar-refractivity contribution in [2.75, 3.05) is 12.4 Å². The topological polar surface area (TPSA) is 117 Å². The van der Waals surface area contributed by atoms with Crippen LogP contribution in [0.5, 0.6) is 5.88 Å². The van der Waals surface area contributed by atoms with Gasteiger partial charge in [0, 0.05) is 24.1 Å². The molecule has 1 saturated carbocycles. The number of hydrogen-bond acceptors (Lipinski definition) is 8. The number of aromatic nitrogens is 3. The molecule has 4 rings (SSSR count). The maximum atomic E-state index is 11.9. The first-order valence-corrected chi connectivity index (χ1v) is 12.0. The highest BCUT2D eigenvalue weighted by Gasteiger charge is 2.56. The third kappa shape index (κ3) is 4.37. The van der Waals surface area contributed by atoms with Crippen LogP contribution in [0.1, 0.15) is 50.6 Å². The van der Waals surface area contributed by atoms with E-state index in [2.05, 4.69) is 26.3 Å². The molecule has 3 N–H and O–H groups in total. The van der Waals surface area contributed by atoms with E-state index in [1.807, 2.05) is 32.9 Å². The third-order valence-electron chi connectivity index (χ3n) is 7.10. The normalized spacial score (nSPS) is 23.9. The number of nitrogens with zero attached hydrogens (tertiary/aromatic N) is 3. The van der Waals surface area contributed by atoms with Crippen LogP contribution < -0.4 is 10.1 Å². The van der Waals surface area contributed by atoms with Crippen LogP contribution in [0.4, 0.5) is 11.6 Å². The Morgan fingerprint density at radius 3 is 2.62 bits per heavy atom. The largest absolute Gasteiger partial charge is 0.481 e. The lowest BCUT2D eigenvalue weighted by atomic mass is 9.55. The van der Waals surface area contributed by atoms with Crippen LogP contribution >= 0.6 is 11.3 Å². The van der Waals surface area contributed by atoms with E-state index in [0.29, 0.717) is 36.1 Å². The summed E-state index contributed by atoms with van der Waals surface area (Å²) in [6, 6.07) is 7.73. The summed E-state index contributed by atoms with van der Waals surface area (Å²) in [5.41, 5.74) is 0.206. The van der Waals surface area contributed by atoms with Crippen LogP contribution in [0.25, 0.3) is 10.4 Å². The van der Waals surface area contributed by atoms with Crippen molar-refractivity contribution < 1.29 is 19.7 Å². The number of nitrogens with one attached hydrogen (secondary N) is 1. The number of rotatable bonds is 6. The number of methoxy groups -OCH3 is 1. The zero-order valence-electron chi connectivity index (χ0n) is 20.0. The van der Waals surface area contributed by atoms with Crippen molar-refractivity contribution in [2.24, 2.45) is 10.8 Å². The van der Waals surface area contributed by atoms with Crippen molar-refractivity contribution in [1.82, 2.24) is 15.0 Å². The lowest BCUT2D eigenvalue weighted by Crippen LogP contribution is -2.51. The van der Waals surface area contributed by atoms with Gasteiger partial charge < -0.3 is 20.3 Å². The lowest BCUT2D eigenvalue weighted by molar-refractivity contribution is -0.170. The number of benzene rings is 1. The average molecular weight is 483 g/mol. The molecule has 180 valence electrons. The molecule has 8 nitrogen and oxygen atoms in total. The van der Waals surface area contributed by atoms with Crippen molar-refractivity contribution >= 4 is 28.9 Å². The molecular formula is C25H30N4O4S. The second-order valence-electron chi connectivity index (χ2n) is 9.89. The van der Waals surface area contributed by atoms with E-state index in [0.717, 1.165) is 21.7 Å². The SMILES string of the molecule is COc1ccnc(Nc2cc(C)cc(-c3cnc([C@]4(O)CC[C@@](C)(C(=O)O)C(C)(C)C4)s3)c2)n1. The Bertz CT molecular complexity index is 1230. The molecule has 0 unspecified atom stereocenters. The van der Waals surface area contributed by atoms with Crippen molar-refractivity contribution in [2.45, 2.75) is 52.6 Å². The van der Waals surface area contributed by atoms with Gasteiger partial charge in [-0.05, 0) is 61.8 Å². The number of aliphatic hydroxyl groups is 1. The summed E-state index contributed by atoms with van der Waals surface area (Å²) in [7, 11) is 1.56. The Morgan fingerprint density at radius 1 is 1.18 bits per heavy atom. The molecule has 0 spiro atoms. The Kier molecular flexibility index (Phi) is 6.12. The molecule has 9 heteroatoms. The third-order valence-corrected chi connectivity index (χ3v) is 8.34. The second-order valence-corrected chi connectivity index (χ2v) is 10.9. The number of anilines is 2. The van der Waals surface area contributed by atoms with Crippen LogP contribution in [0.3, 0.4) is 0 Å². The summed E-state index contributed by atoms with van der Waals surface area (Å²) < 4.78 is 5.17. The zero-order valence-corrected chi connectivity index (χ0v) is 20.9. The minimum absolute atomic E-state index is 0.337. The van der Waals surface area contributed by atoms with E-state index >= 15 is 0 Å². The van der Waals surface area contributed by atoms with Crippen LogP contribution in [-0.4, -0.2) is 38.2 Å². The summed E-state index contributed by atoms with van der Waals surface area (Å²) in [6.45, 7) is 7.61. The minimum Gasteiger partial charge on any atom is -0.481 e. The van der Waals surface area contributed by atoms with Gasteiger partial charge in [0.25, 0.3) is 0 Å². The van der Waals surface area contributed by atoms with E-state index < -0.39 is 22.4 Å². The van der Waals surface area contributed by atoms with E-state index in [1.54, 1.807) is 32.5 Å². The maximum Gasteiger partial charge on any atom is 0.309 e. The Morgan fingerprint density at radius 2 is 1.94 bits per heavy atom. The lowest BCUT2D eigenvalue weighted by Gasteiger charge is -2.50. The monoisotopic (exact) mass is 482 g/mol. The molecule has 2 atom stereocenters. The molecule has 0 bridgehead atoms. The fraction of sp³-hybridized carbons (Fsp3) is 0.440. The maximum absolute atomic E-state index is 11.9. The molecule has 0 aliphatic heterocycles. The summed E-state index contributed by atoms with van der Waals surface area (Å²) in [5.74, 6) is 0.0837. The van der Waals surface area contributed by atoms with Gasteiger partial charge in [-0.1, -0.05) is 19.9 Å². The molecule has 1 aliphatic carbocycles. The number of carbonyl (C=O) groups is 1. The van der Waals surface area contributed by atoms with Gasteiger partial charge in [0.15, 0.2) is 0 Å². The van der Waals surface area contributed by atoms with Gasteiger partial charge in [-0.25, -0.2) is 9.97 Å². The molecule has 0 radical (unpaired) electrons. The van der Waals surface area contributed by atoms with Gasteiger partial charge >= 0.3 is 5.97 Å². The first-order valence-electron chi connectivity index (χ1n) is 11.1. The molecule has 34 heavy (non-hydrogen) atoms. The summed E-state index contributed by atoms with van der Waals surface area (Å²) in [4.78, 5) is 26.0. The van der Waals surface area contributed by atoms with Gasteiger partial charge in [0.05, 0.1) is 17.4 Å². The highest BCUT2D eigenvalue weighted by Crippen LogP contribution is 2.56. The number of aryl methyl sites for hydroxylation is 1. The predicted molar refractivity (Wildman–Crippen MR) is 131 cm³/mol. The van der Waals surface area contributed by atoms with E-state index in [1.165, 1.54) is 11.3 Å². The van der Waals surface area contributed by atoms with Gasteiger partial charge in [-0.2, -0.15) is 4.98 Å². The number of carboxylic acid groups (broad SMARTS) is 1. The van der Waals surface area contributed by atoms with Crippen LogP contribution in [0.2, 0.25) is 0 Å². The van der Waals surface area contributed by atoms with Gasteiger partial charge in [0.1, 0.15) is 10.6 Å². The summed E-state index contributed by atoms with van der Waals surface area (Å²) in [5, 5.41) is 25.2. The molecular weight excluding hydrogens is 452 g/mol. The first-order chi connectivity index (χ1) is 16.0. The molecule has 2 heterocycles. The van der Waals surface area contributed by atoms with Crippen molar-refractivity contribution in [3.8, 4) is 16.3 Å². The highest BCUT2D eigenvalue weighted by molar-refractivity contribution is 7.15. The molecule has 0 saturated heterocycles. The summed E-state index contributed by atoms with van der Waals surface area (Å²) in [6.07, 6.45) is 4.49. The molecule has 0 amide bonds. The molecule has 1 aliphatic rings. The first kappa shape index (κ1) is 24.1. The van der Waals surface area contributed by atoms with Crippen molar-refractivity contribution in [1.29, 1.82) is 0 Å². The standard InChI is InChI=1S/C25H30N4O4S/c1-15-10-16(12-17(11-15)28-22-26-9-6-19(29-22)33-5)18-13-27-20(34-18)25(32)8-7-24(4,21(30)31)23(2,3)14-25/h6,9-13,32H,7-8,14H2,1-5H3,(H,30,31)(H,26,28,29)/t24-,25-/m0/s1. The van der Waals surface area contributed by atoms with Crippen LogP contribution in [-0.2, 0) is 10.4 Å². The number of aliphatic carboxylic acids is 1. The smallest absolute Gasteiger partial charge is 0.309 e. The highest BCUT2D eigenvalue weighted by atomic mass is 32.1. The Balaban J connectivity index is 1.60.